The lowest BCUT2D eigenvalue weighted by molar-refractivity contribution is -0.136. The molecule has 1 aromatic heterocycles. The smallest absolute Gasteiger partial charge is 0.244 e. The number of hydrogen-bond acceptors (Lipinski definition) is 4. The first-order valence-corrected chi connectivity index (χ1v) is 4.69. The number of aliphatic hydroxyl groups excluding tert-OH is 1. The maximum Gasteiger partial charge on any atom is 0.244 e. The highest BCUT2D eigenvalue weighted by Crippen LogP contribution is 2.11. The van der Waals surface area contributed by atoms with Gasteiger partial charge >= 0.3 is 0 Å². The van der Waals surface area contributed by atoms with Crippen molar-refractivity contribution in [2.75, 3.05) is 13.7 Å². The molecule has 0 fully saturated rings. The Morgan fingerprint density at radius 3 is 2.73 bits per heavy atom. The van der Waals surface area contributed by atoms with Crippen LogP contribution in [0.1, 0.15) is 13.8 Å². The zero-order chi connectivity index (χ0) is 11.5. The maximum atomic E-state index is 11.7. The minimum Gasteiger partial charge on any atom is -0.394 e. The number of carbonyl (C=O) groups excluding carboxylic acids is 1. The Kier molecular flexibility index (Phi) is 3.41. The first kappa shape index (κ1) is 11.6. The lowest BCUT2D eigenvalue weighted by atomic mass is 10.1. The Morgan fingerprint density at radius 2 is 2.27 bits per heavy atom. The highest BCUT2D eigenvalue weighted by molar-refractivity contribution is 5.76. The summed E-state index contributed by atoms with van der Waals surface area (Å²) >= 11 is 0. The molecular formula is C9H16N4O2. The molecule has 84 valence electrons. The number of likely N-dealkylation sites (N-methyl/N-ethyl adjacent to an activating group) is 1. The van der Waals surface area contributed by atoms with Gasteiger partial charge in [-0.05, 0) is 13.8 Å². The predicted octanol–water partition coefficient (Wildman–Crippen LogP) is -0.493. The van der Waals surface area contributed by atoms with Crippen LogP contribution >= 0.6 is 0 Å². The Hall–Kier alpha value is -1.43. The zero-order valence-corrected chi connectivity index (χ0v) is 9.21. The van der Waals surface area contributed by atoms with Gasteiger partial charge < -0.3 is 10.0 Å². The van der Waals surface area contributed by atoms with Crippen molar-refractivity contribution in [2.45, 2.75) is 25.9 Å². The molecule has 0 radical (unpaired) electrons. The number of aliphatic hydroxyl groups is 1. The van der Waals surface area contributed by atoms with Gasteiger partial charge in [0.05, 0.1) is 18.3 Å². The van der Waals surface area contributed by atoms with Crippen LogP contribution in [0.3, 0.4) is 0 Å². The number of amides is 1. The fourth-order valence-electron chi connectivity index (χ4n) is 1.01. The van der Waals surface area contributed by atoms with Crippen LogP contribution in [0.5, 0.6) is 0 Å². The van der Waals surface area contributed by atoms with Crippen LogP contribution in [-0.2, 0) is 11.3 Å². The molecule has 0 saturated heterocycles. The molecule has 1 amide bonds. The summed E-state index contributed by atoms with van der Waals surface area (Å²) < 4.78 is 1.45. The molecule has 15 heavy (non-hydrogen) atoms. The van der Waals surface area contributed by atoms with Crippen molar-refractivity contribution in [1.82, 2.24) is 19.9 Å². The number of rotatable bonds is 4. The zero-order valence-electron chi connectivity index (χ0n) is 9.21. The third-order valence-corrected chi connectivity index (χ3v) is 2.44. The third-order valence-electron chi connectivity index (χ3n) is 2.44. The van der Waals surface area contributed by atoms with Crippen molar-refractivity contribution in [3.63, 3.8) is 0 Å². The van der Waals surface area contributed by atoms with E-state index in [0.29, 0.717) is 0 Å². The number of carbonyl (C=O) groups is 1. The summed E-state index contributed by atoms with van der Waals surface area (Å²) in [5, 5.41) is 16.4. The maximum absolute atomic E-state index is 11.7. The van der Waals surface area contributed by atoms with E-state index in [9.17, 15) is 4.79 Å². The van der Waals surface area contributed by atoms with E-state index in [1.54, 1.807) is 27.1 Å². The van der Waals surface area contributed by atoms with E-state index in [0.717, 1.165) is 0 Å². The van der Waals surface area contributed by atoms with Crippen molar-refractivity contribution in [2.24, 2.45) is 0 Å². The van der Waals surface area contributed by atoms with E-state index in [4.69, 9.17) is 5.11 Å². The van der Waals surface area contributed by atoms with Gasteiger partial charge in [0.2, 0.25) is 5.91 Å². The lowest BCUT2D eigenvalue weighted by Gasteiger charge is -2.33. The highest BCUT2D eigenvalue weighted by atomic mass is 16.3. The molecule has 6 heteroatoms. The summed E-state index contributed by atoms with van der Waals surface area (Å²) in [6.07, 6.45) is 3.14. The van der Waals surface area contributed by atoms with Gasteiger partial charge in [0.15, 0.2) is 0 Å². The molecule has 0 atom stereocenters. The second-order valence-corrected chi connectivity index (χ2v) is 4.02. The van der Waals surface area contributed by atoms with Crippen LogP contribution in [0.2, 0.25) is 0 Å². The molecule has 0 aliphatic rings. The van der Waals surface area contributed by atoms with Crippen LogP contribution in [0.25, 0.3) is 0 Å². The van der Waals surface area contributed by atoms with E-state index >= 15 is 0 Å². The Labute approximate surface area is 88.5 Å². The molecule has 0 aliphatic heterocycles. The molecule has 1 N–H and O–H groups in total. The molecule has 1 heterocycles. The largest absolute Gasteiger partial charge is 0.394 e. The average molecular weight is 212 g/mol. The first-order valence-electron chi connectivity index (χ1n) is 4.69. The molecular weight excluding hydrogens is 196 g/mol. The van der Waals surface area contributed by atoms with Gasteiger partial charge in [-0.15, -0.1) is 5.10 Å². The fraction of sp³-hybridized carbons (Fsp3) is 0.667. The minimum absolute atomic E-state index is 0.0768. The molecule has 1 aromatic rings. The molecule has 0 spiro atoms. The van der Waals surface area contributed by atoms with E-state index in [-0.39, 0.29) is 19.1 Å². The van der Waals surface area contributed by atoms with Gasteiger partial charge in [-0.2, -0.15) is 0 Å². The second-order valence-electron chi connectivity index (χ2n) is 4.02. The average Bonchev–Trinajstić information content (AvgIpc) is 2.69. The first-order chi connectivity index (χ1) is 6.97. The minimum atomic E-state index is -0.558. The van der Waals surface area contributed by atoms with Gasteiger partial charge in [-0.1, -0.05) is 5.21 Å². The summed E-state index contributed by atoms with van der Waals surface area (Å²) in [5.74, 6) is -0.112. The molecule has 0 saturated carbocycles. The summed E-state index contributed by atoms with van der Waals surface area (Å²) in [5.41, 5.74) is -0.558. The summed E-state index contributed by atoms with van der Waals surface area (Å²) in [7, 11) is 1.66. The van der Waals surface area contributed by atoms with E-state index in [2.05, 4.69) is 10.3 Å². The number of nitrogens with zero attached hydrogens (tertiary/aromatic N) is 4. The number of hydrogen-bond donors (Lipinski definition) is 1. The van der Waals surface area contributed by atoms with Crippen molar-refractivity contribution in [3.8, 4) is 0 Å². The molecule has 6 nitrogen and oxygen atoms in total. The van der Waals surface area contributed by atoms with Crippen molar-refractivity contribution in [3.05, 3.63) is 12.4 Å². The van der Waals surface area contributed by atoms with E-state index in [1.165, 1.54) is 15.8 Å². The molecule has 0 aliphatic carbocycles. The van der Waals surface area contributed by atoms with Crippen LogP contribution in [0.15, 0.2) is 12.4 Å². The van der Waals surface area contributed by atoms with Gasteiger partial charge in [0.25, 0.3) is 0 Å². The van der Waals surface area contributed by atoms with E-state index < -0.39 is 5.54 Å². The normalized spacial score (nSPS) is 11.5. The predicted molar refractivity (Wildman–Crippen MR) is 54.0 cm³/mol. The quantitative estimate of drug-likeness (QED) is 0.731. The van der Waals surface area contributed by atoms with Crippen LogP contribution < -0.4 is 0 Å². The standard InChI is InChI=1S/C9H16N4O2/c1-9(2,7-14)12(3)8(15)6-13-5-4-10-11-13/h4-5,14H,6-7H2,1-3H3. The van der Waals surface area contributed by atoms with Crippen molar-refractivity contribution in [1.29, 1.82) is 0 Å². The van der Waals surface area contributed by atoms with Crippen molar-refractivity contribution >= 4 is 5.91 Å². The van der Waals surface area contributed by atoms with Gasteiger partial charge in [0, 0.05) is 13.2 Å². The summed E-state index contributed by atoms with van der Waals surface area (Å²) in [4.78, 5) is 13.3. The van der Waals surface area contributed by atoms with Crippen LogP contribution in [0.4, 0.5) is 0 Å². The lowest BCUT2D eigenvalue weighted by Crippen LogP contribution is -2.48. The Balaban J connectivity index is 2.62. The van der Waals surface area contributed by atoms with Gasteiger partial charge in [-0.3, -0.25) is 4.79 Å². The third kappa shape index (κ3) is 2.76. The van der Waals surface area contributed by atoms with Crippen molar-refractivity contribution < 1.29 is 9.90 Å². The van der Waals surface area contributed by atoms with Gasteiger partial charge in [-0.25, -0.2) is 4.68 Å². The van der Waals surface area contributed by atoms with Gasteiger partial charge in [0.1, 0.15) is 6.54 Å². The van der Waals surface area contributed by atoms with E-state index in [1.807, 2.05) is 0 Å². The Bertz CT molecular complexity index is 321. The molecule has 0 unspecified atom stereocenters. The Morgan fingerprint density at radius 1 is 1.60 bits per heavy atom. The monoisotopic (exact) mass is 212 g/mol. The van der Waals surface area contributed by atoms with Crippen LogP contribution in [-0.4, -0.2) is 50.1 Å². The second kappa shape index (κ2) is 4.39. The molecule has 0 bridgehead atoms. The fourth-order valence-corrected chi connectivity index (χ4v) is 1.01. The highest BCUT2D eigenvalue weighted by Gasteiger charge is 2.26. The SMILES string of the molecule is CN(C(=O)Cn1ccnn1)C(C)(C)CO. The molecule has 1 rings (SSSR count). The molecule has 0 aromatic carbocycles. The van der Waals surface area contributed by atoms with Crippen LogP contribution in [0, 0.1) is 0 Å². The topological polar surface area (TPSA) is 71.2 Å². The summed E-state index contributed by atoms with van der Waals surface area (Å²) in [6.45, 7) is 3.66. The summed E-state index contributed by atoms with van der Waals surface area (Å²) in [6, 6.07) is 0. The number of aromatic nitrogens is 3.